The summed E-state index contributed by atoms with van der Waals surface area (Å²) >= 11 is 3.93. The van der Waals surface area contributed by atoms with Crippen molar-refractivity contribution >= 4 is 36.8 Å². The highest BCUT2D eigenvalue weighted by atomic mass is 35.5. The van der Waals surface area contributed by atoms with Crippen LogP contribution in [0.25, 0.3) is 0 Å². The van der Waals surface area contributed by atoms with Crippen LogP contribution < -0.4 is 5.11 Å². The topological polar surface area (TPSA) is 77.4 Å². The molecule has 0 spiro atoms. The molecule has 0 bridgehead atoms. The normalized spacial score (nSPS) is 16.6. The van der Waals surface area contributed by atoms with E-state index >= 15 is 0 Å². The van der Waals surface area contributed by atoms with Gasteiger partial charge in [0.1, 0.15) is 6.54 Å². The predicted octanol–water partition coefficient (Wildman–Crippen LogP) is -1.13. The number of quaternary nitrogens is 1. The van der Waals surface area contributed by atoms with Crippen molar-refractivity contribution in [3.05, 3.63) is 0 Å². The van der Waals surface area contributed by atoms with Crippen LogP contribution in [0.5, 0.6) is 0 Å². The lowest BCUT2D eigenvalue weighted by Crippen LogP contribution is -2.57. The maximum atomic E-state index is 11.8. The van der Waals surface area contributed by atoms with Crippen LogP contribution in [0.2, 0.25) is 0 Å². The molecule has 2 atom stereocenters. The zero-order valence-corrected chi connectivity index (χ0v) is 12.2. The van der Waals surface area contributed by atoms with Crippen LogP contribution >= 0.6 is 25.0 Å². The number of likely N-dealkylation sites (N-methyl/N-ethyl adjacent to an activating group) is 1. The van der Waals surface area contributed by atoms with Gasteiger partial charge in [-0.2, -0.15) is 12.6 Å². The van der Waals surface area contributed by atoms with E-state index in [2.05, 4.69) is 12.6 Å². The van der Waals surface area contributed by atoms with Crippen molar-refractivity contribution in [2.75, 3.05) is 27.7 Å². The molecule has 0 saturated carbocycles. The third-order valence-corrected chi connectivity index (χ3v) is 2.25. The van der Waals surface area contributed by atoms with Gasteiger partial charge in [0.05, 0.1) is 26.4 Å². The average molecular weight is 286 g/mol. The first-order valence-electron chi connectivity index (χ1n) is 4.93. The second-order valence-corrected chi connectivity index (χ2v) is 5.84. The number of carbonyl (C=O) groups is 2. The highest BCUT2D eigenvalue weighted by Crippen LogP contribution is 2.19. The molecule has 102 valence electrons. The number of carboxylic acids is 1. The number of nitrogens with zero attached hydrogens (tertiary/aromatic N) is 1. The standard InChI is InChI=1S/C10H19NO4S.ClH/c1-7(16)9(14)10(15,5-8(12)13)6-11(2,3)4;/h7,15H,5-6H2,1-4H3,(H-,12,13,16);1H. The van der Waals surface area contributed by atoms with E-state index in [9.17, 15) is 19.8 Å². The molecule has 0 aliphatic heterocycles. The summed E-state index contributed by atoms with van der Waals surface area (Å²) in [5, 5.41) is 20.0. The highest BCUT2D eigenvalue weighted by Gasteiger charge is 2.42. The van der Waals surface area contributed by atoms with Crippen LogP contribution in [0.3, 0.4) is 0 Å². The van der Waals surface area contributed by atoms with Crippen LogP contribution in [0, 0.1) is 0 Å². The van der Waals surface area contributed by atoms with Crippen LogP contribution in [0.4, 0.5) is 0 Å². The molecular formula is C10H20ClNO4S. The van der Waals surface area contributed by atoms with Gasteiger partial charge in [-0.25, -0.2) is 0 Å². The molecule has 17 heavy (non-hydrogen) atoms. The molecule has 1 N–H and O–H groups in total. The second kappa shape index (κ2) is 6.58. The van der Waals surface area contributed by atoms with E-state index in [1.165, 1.54) is 6.92 Å². The molecule has 0 aromatic heterocycles. The first-order valence-corrected chi connectivity index (χ1v) is 5.45. The quantitative estimate of drug-likeness (QED) is 0.478. The minimum absolute atomic E-state index is 0. The third-order valence-electron chi connectivity index (χ3n) is 2.01. The molecule has 0 aliphatic rings. The van der Waals surface area contributed by atoms with Gasteiger partial charge >= 0.3 is 0 Å². The summed E-state index contributed by atoms with van der Waals surface area (Å²) in [6.07, 6.45) is -0.702. The van der Waals surface area contributed by atoms with Gasteiger partial charge in [-0.1, -0.05) is 0 Å². The van der Waals surface area contributed by atoms with Gasteiger partial charge in [-0.3, -0.25) is 4.79 Å². The lowest BCUT2D eigenvalue weighted by Gasteiger charge is -2.35. The van der Waals surface area contributed by atoms with E-state index in [0.29, 0.717) is 0 Å². The highest BCUT2D eigenvalue weighted by molar-refractivity contribution is 7.81. The Balaban J connectivity index is 0. The Morgan fingerprint density at radius 1 is 1.41 bits per heavy atom. The molecule has 0 aliphatic carbocycles. The van der Waals surface area contributed by atoms with E-state index in [1.807, 2.05) is 0 Å². The summed E-state index contributed by atoms with van der Waals surface area (Å²) in [5.41, 5.74) is -1.92. The molecule has 0 radical (unpaired) electrons. The second-order valence-electron chi connectivity index (χ2n) is 5.07. The van der Waals surface area contributed by atoms with Crippen molar-refractivity contribution in [2.24, 2.45) is 0 Å². The van der Waals surface area contributed by atoms with E-state index < -0.39 is 29.0 Å². The molecule has 0 aromatic rings. The number of hydrogen-bond acceptors (Lipinski definition) is 5. The van der Waals surface area contributed by atoms with Crippen molar-refractivity contribution < 1.29 is 24.3 Å². The van der Waals surface area contributed by atoms with Gasteiger partial charge in [0.2, 0.25) is 0 Å². The number of thiol groups is 1. The summed E-state index contributed by atoms with van der Waals surface area (Å²) in [6.45, 7) is 1.51. The third kappa shape index (κ3) is 6.88. The number of Topliss-reactive ketones (excluding diaryl/α,β-unsaturated/α-hetero) is 1. The minimum Gasteiger partial charge on any atom is -0.550 e. The molecule has 0 aromatic carbocycles. The lowest BCUT2D eigenvalue weighted by molar-refractivity contribution is -0.875. The van der Waals surface area contributed by atoms with Gasteiger partial charge in [0.15, 0.2) is 11.4 Å². The van der Waals surface area contributed by atoms with Crippen molar-refractivity contribution in [1.29, 1.82) is 0 Å². The maximum Gasteiger partial charge on any atom is 0.182 e. The van der Waals surface area contributed by atoms with Crippen LogP contribution in [0.15, 0.2) is 0 Å². The van der Waals surface area contributed by atoms with Crippen molar-refractivity contribution in [3.63, 3.8) is 0 Å². The Morgan fingerprint density at radius 2 is 1.82 bits per heavy atom. The van der Waals surface area contributed by atoms with E-state index in [4.69, 9.17) is 0 Å². The SMILES string of the molecule is CC(S)C(=O)C(O)(CC(=O)[O-])C[N+](C)(C)C.Cl. The monoisotopic (exact) mass is 285 g/mol. The number of rotatable bonds is 6. The Morgan fingerprint density at radius 3 is 2.06 bits per heavy atom. The van der Waals surface area contributed by atoms with Gasteiger partial charge in [-0.05, 0) is 6.92 Å². The van der Waals surface area contributed by atoms with Crippen molar-refractivity contribution in [3.8, 4) is 0 Å². The maximum absolute atomic E-state index is 11.8. The van der Waals surface area contributed by atoms with Crippen molar-refractivity contribution in [2.45, 2.75) is 24.2 Å². The van der Waals surface area contributed by atoms with Crippen LogP contribution in [0.1, 0.15) is 13.3 Å². The number of carbonyl (C=O) groups excluding carboxylic acids is 2. The summed E-state index contributed by atoms with van der Waals surface area (Å²) < 4.78 is 0.274. The molecule has 7 heteroatoms. The number of aliphatic hydroxyl groups is 1. The molecule has 0 fully saturated rings. The summed E-state index contributed by atoms with van der Waals surface area (Å²) in [5.74, 6) is -2.04. The summed E-state index contributed by atoms with van der Waals surface area (Å²) in [4.78, 5) is 22.3. The fraction of sp³-hybridized carbons (Fsp3) is 0.800. The predicted molar refractivity (Wildman–Crippen MR) is 68.2 cm³/mol. The summed E-state index contributed by atoms with van der Waals surface area (Å²) in [6, 6.07) is 0. The Hall–Kier alpha value is -0.300. The van der Waals surface area contributed by atoms with Crippen molar-refractivity contribution in [1.82, 2.24) is 0 Å². The smallest absolute Gasteiger partial charge is 0.182 e. The first kappa shape index (κ1) is 19.0. The van der Waals surface area contributed by atoms with E-state index in [0.717, 1.165) is 0 Å². The fourth-order valence-electron chi connectivity index (χ4n) is 1.63. The largest absolute Gasteiger partial charge is 0.550 e. The average Bonchev–Trinajstić information content (AvgIpc) is 1.96. The van der Waals surface area contributed by atoms with Crippen LogP contribution in [-0.4, -0.2) is 59.9 Å². The Labute approximate surface area is 113 Å². The van der Waals surface area contributed by atoms with E-state index in [1.54, 1.807) is 21.1 Å². The molecule has 2 unspecified atom stereocenters. The number of ketones is 1. The zero-order valence-electron chi connectivity index (χ0n) is 10.5. The lowest BCUT2D eigenvalue weighted by atomic mass is 9.91. The Bertz CT molecular complexity index is 291. The van der Waals surface area contributed by atoms with E-state index in [-0.39, 0.29) is 23.4 Å². The van der Waals surface area contributed by atoms with Crippen LogP contribution in [-0.2, 0) is 9.59 Å². The number of carboxylic acid groups (broad SMARTS) is 1. The first-order chi connectivity index (χ1) is 6.98. The zero-order chi connectivity index (χ0) is 13.1. The van der Waals surface area contributed by atoms with Gasteiger partial charge in [0.25, 0.3) is 0 Å². The minimum atomic E-state index is -1.92. The summed E-state index contributed by atoms with van der Waals surface area (Å²) in [7, 11) is 5.28. The number of aliphatic carboxylic acids is 1. The molecule has 0 rings (SSSR count). The molecular weight excluding hydrogens is 266 g/mol. The molecule has 0 saturated heterocycles. The fourth-order valence-corrected chi connectivity index (χ4v) is 1.87. The number of hydrogen-bond donors (Lipinski definition) is 2. The van der Waals surface area contributed by atoms with Gasteiger partial charge in [-0.15, -0.1) is 12.4 Å². The molecule has 0 amide bonds. The van der Waals surface area contributed by atoms with Gasteiger partial charge < -0.3 is 19.5 Å². The van der Waals surface area contributed by atoms with Gasteiger partial charge in [0, 0.05) is 12.4 Å². The molecule has 5 nitrogen and oxygen atoms in total. The number of halogens is 1. The molecule has 0 heterocycles. The Kier molecular flexibility index (Phi) is 7.38.